The van der Waals surface area contributed by atoms with Gasteiger partial charge in [0.25, 0.3) is 6.43 Å². The van der Waals surface area contributed by atoms with Crippen molar-refractivity contribution >= 4 is 16.6 Å². The fraction of sp³-hybridized carbons (Fsp3) is 0.286. The Hall–Kier alpha value is -2.26. The molecule has 0 aliphatic heterocycles. The Morgan fingerprint density at radius 3 is 2.75 bits per heavy atom. The number of pyridine rings is 1. The minimum absolute atomic E-state index is 0.0347. The Morgan fingerprint density at radius 1 is 1.35 bits per heavy atom. The summed E-state index contributed by atoms with van der Waals surface area (Å²) < 4.78 is 25.4. The second kappa shape index (κ2) is 6.26. The topological polar surface area (TPSA) is 60.2 Å². The molecule has 0 unspecified atom stereocenters. The third kappa shape index (κ3) is 2.83. The molecule has 4 nitrogen and oxygen atoms in total. The number of aliphatic hydroxyl groups excluding tert-OH is 1. The number of para-hydroxylation sites is 1. The summed E-state index contributed by atoms with van der Waals surface area (Å²) in [6.07, 6.45) is -1.19. The first-order valence-electron chi connectivity index (χ1n) is 6.09. The van der Waals surface area contributed by atoms with Gasteiger partial charge in [-0.25, -0.2) is 8.78 Å². The Labute approximate surface area is 114 Å². The van der Waals surface area contributed by atoms with Crippen molar-refractivity contribution in [3.05, 3.63) is 36.0 Å². The molecule has 0 amide bonds. The fourth-order valence-electron chi connectivity index (χ4n) is 2.13. The molecule has 6 heteroatoms. The highest BCUT2D eigenvalue weighted by Crippen LogP contribution is 2.29. The molecular formula is C14H13F2N3O. The number of fused-ring (bicyclic) bond motifs is 1. The first-order valence-corrected chi connectivity index (χ1v) is 6.09. The maximum atomic E-state index is 12.7. The van der Waals surface area contributed by atoms with E-state index in [4.69, 9.17) is 10.4 Å². The van der Waals surface area contributed by atoms with E-state index >= 15 is 0 Å². The quantitative estimate of drug-likeness (QED) is 0.910. The monoisotopic (exact) mass is 277 g/mol. The standard InChI is InChI=1S/C14H13F2N3O/c15-13(16)9-19(5-6-20)14-10(7-17)8-18-12-4-2-1-3-11(12)14/h1-4,8,13,20H,5-6,9H2. The van der Waals surface area contributed by atoms with Crippen molar-refractivity contribution in [2.75, 3.05) is 24.6 Å². The highest BCUT2D eigenvalue weighted by molar-refractivity contribution is 5.94. The summed E-state index contributed by atoms with van der Waals surface area (Å²) >= 11 is 0. The molecule has 1 aromatic carbocycles. The molecule has 0 saturated heterocycles. The second-order valence-electron chi connectivity index (χ2n) is 4.21. The molecule has 0 radical (unpaired) electrons. The number of aliphatic hydroxyl groups is 1. The minimum atomic E-state index is -2.56. The summed E-state index contributed by atoms with van der Waals surface area (Å²) in [4.78, 5) is 5.46. The fourth-order valence-corrected chi connectivity index (χ4v) is 2.13. The third-order valence-electron chi connectivity index (χ3n) is 2.91. The molecule has 0 aliphatic carbocycles. The number of halogens is 2. The van der Waals surface area contributed by atoms with Crippen molar-refractivity contribution < 1.29 is 13.9 Å². The predicted molar refractivity (Wildman–Crippen MR) is 71.8 cm³/mol. The molecule has 0 bridgehead atoms. The average molecular weight is 277 g/mol. The van der Waals surface area contributed by atoms with Crippen molar-refractivity contribution in [1.29, 1.82) is 5.26 Å². The zero-order valence-electron chi connectivity index (χ0n) is 10.6. The van der Waals surface area contributed by atoms with Crippen LogP contribution in [-0.2, 0) is 0 Å². The molecule has 0 fully saturated rings. The van der Waals surface area contributed by atoms with Crippen LogP contribution in [0.5, 0.6) is 0 Å². The summed E-state index contributed by atoms with van der Waals surface area (Å²) in [5.74, 6) is 0. The van der Waals surface area contributed by atoms with Gasteiger partial charge in [0.05, 0.1) is 29.9 Å². The minimum Gasteiger partial charge on any atom is -0.395 e. The first kappa shape index (κ1) is 14.2. The smallest absolute Gasteiger partial charge is 0.255 e. The number of rotatable bonds is 5. The van der Waals surface area contributed by atoms with Gasteiger partial charge in [0.1, 0.15) is 6.07 Å². The lowest BCUT2D eigenvalue weighted by atomic mass is 10.1. The van der Waals surface area contributed by atoms with Gasteiger partial charge >= 0.3 is 0 Å². The van der Waals surface area contributed by atoms with Gasteiger partial charge in [-0.3, -0.25) is 4.98 Å². The number of anilines is 1. The maximum absolute atomic E-state index is 12.7. The van der Waals surface area contributed by atoms with E-state index in [9.17, 15) is 8.78 Å². The molecule has 104 valence electrons. The number of alkyl halides is 2. The van der Waals surface area contributed by atoms with E-state index < -0.39 is 13.0 Å². The summed E-state index contributed by atoms with van der Waals surface area (Å²) in [5.41, 5.74) is 1.24. The van der Waals surface area contributed by atoms with Crippen LogP contribution in [0.3, 0.4) is 0 Å². The summed E-state index contributed by atoms with van der Waals surface area (Å²) in [6, 6.07) is 8.99. The van der Waals surface area contributed by atoms with Crippen LogP contribution in [0.1, 0.15) is 5.56 Å². The largest absolute Gasteiger partial charge is 0.395 e. The Bertz CT molecular complexity index is 640. The van der Waals surface area contributed by atoms with Gasteiger partial charge in [-0.1, -0.05) is 18.2 Å². The third-order valence-corrected chi connectivity index (χ3v) is 2.91. The van der Waals surface area contributed by atoms with Gasteiger partial charge in [0.2, 0.25) is 0 Å². The van der Waals surface area contributed by atoms with Crippen molar-refractivity contribution in [1.82, 2.24) is 4.98 Å². The molecule has 0 atom stereocenters. The van der Waals surface area contributed by atoms with Crippen LogP contribution in [0.25, 0.3) is 10.9 Å². The number of aromatic nitrogens is 1. The van der Waals surface area contributed by atoms with Gasteiger partial charge in [0.15, 0.2) is 0 Å². The van der Waals surface area contributed by atoms with Crippen molar-refractivity contribution in [3.63, 3.8) is 0 Å². The zero-order chi connectivity index (χ0) is 14.5. The molecule has 20 heavy (non-hydrogen) atoms. The maximum Gasteiger partial charge on any atom is 0.255 e. The summed E-state index contributed by atoms with van der Waals surface area (Å²) in [7, 11) is 0. The van der Waals surface area contributed by atoms with E-state index in [1.165, 1.54) is 11.1 Å². The molecule has 0 spiro atoms. The highest BCUT2D eigenvalue weighted by atomic mass is 19.3. The van der Waals surface area contributed by atoms with Crippen molar-refractivity contribution in [2.24, 2.45) is 0 Å². The van der Waals surface area contributed by atoms with Crippen molar-refractivity contribution in [2.45, 2.75) is 6.43 Å². The second-order valence-corrected chi connectivity index (χ2v) is 4.21. The lowest BCUT2D eigenvalue weighted by Gasteiger charge is -2.25. The van der Waals surface area contributed by atoms with Gasteiger partial charge in [-0.15, -0.1) is 0 Å². The highest BCUT2D eigenvalue weighted by Gasteiger charge is 2.18. The van der Waals surface area contributed by atoms with Crippen molar-refractivity contribution in [3.8, 4) is 6.07 Å². The van der Waals surface area contributed by atoms with Gasteiger partial charge < -0.3 is 10.0 Å². The molecule has 0 saturated carbocycles. The molecule has 2 aromatic rings. The van der Waals surface area contributed by atoms with Crippen LogP contribution >= 0.6 is 0 Å². The molecule has 0 aliphatic rings. The van der Waals surface area contributed by atoms with Crippen LogP contribution in [0.15, 0.2) is 30.5 Å². The van der Waals surface area contributed by atoms with Gasteiger partial charge in [-0.05, 0) is 6.07 Å². The molecular weight excluding hydrogens is 264 g/mol. The van der Waals surface area contributed by atoms with E-state index in [-0.39, 0.29) is 18.7 Å². The predicted octanol–water partition coefficient (Wildman–Crippen LogP) is 2.17. The number of hydrogen-bond donors (Lipinski definition) is 1. The Morgan fingerprint density at radius 2 is 2.10 bits per heavy atom. The van der Waals surface area contributed by atoms with Crippen LogP contribution in [0.2, 0.25) is 0 Å². The average Bonchev–Trinajstić information content (AvgIpc) is 2.45. The number of benzene rings is 1. The van der Waals surface area contributed by atoms with E-state index in [1.807, 2.05) is 6.07 Å². The SMILES string of the molecule is N#Cc1cnc2ccccc2c1N(CCO)CC(F)F. The van der Waals surface area contributed by atoms with Crippen LogP contribution < -0.4 is 4.90 Å². The van der Waals surface area contributed by atoms with Crippen LogP contribution in [0.4, 0.5) is 14.5 Å². The number of nitriles is 1. The van der Waals surface area contributed by atoms with Crippen LogP contribution in [0, 0.1) is 11.3 Å². The molecule has 2 rings (SSSR count). The number of nitrogens with zero attached hydrogens (tertiary/aromatic N) is 3. The number of hydrogen-bond acceptors (Lipinski definition) is 4. The van der Waals surface area contributed by atoms with Gasteiger partial charge in [-0.2, -0.15) is 5.26 Å². The Balaban J connectivity index is 2.61. The molecule has 1 aromatic heterocycles. The lowest BCUT2D eigenvalue weighted by molar-refractivity contribution is 0.153. The summed E-state index contributed by atoms with van der Waals surface area (Å²) in [5, 5.41) is 18.8. The summed E-state index contributed by atoms with van der Waals surface area (Å²) in [6.45, 7) is -0.773. The molecule has 1 heterocycles. The van der Waals surface area contributed by atoms with E-state index in [1.54, 1.807) is 24.3 Å². The lowest BCUT2D eigenvalue weighted by Crippen LogP contribution is -2.32. The zero-order valence-corrected chi connectivity index (χ0v) is 10.6. The normalized spacial score (nSPS) is 10.8. The molecule has 1 N–H and O–H groups in total. The van der Waals surface area contributed by atoms with E-state index in [0.29, 0.717) is 16.6 Å². The Kier molecular flexibility index (Phi) is 4.43. The van der Waals surface area contributed by atoms with E-state index in [0.717, 1.165) is 0 Å². The van der Waals surface area contributed by atoms with Gasteiger partial charge in [0, 0.05) is 18.1 Å². The first-order chi connectivity index (χ1) is 9.67. The van der Waals surface area contributed by atoms with Crippen LogP contribution in [-0.4, -0.2) is 36.2 Å². The van der Waals surface area contributed by atoms with E-state index in [2.05, 4.69) is 4.98 Å².